The minimum Gasteiger partial charge on any atom is -0.497 e. The second-order valence-corrected chi connectivity index (χ2v) is 6.39. The van der Waals surface area contributed by atoms with Crippen molar-refractivity contribution in [2.75, 3.05) is 13.7 Å². The first-order chi connectivity index (χ1) is 11.4. The number of aldehydes is 1. The average Bonchev–Trinajstić information content (AvgIpc) is 2.56. The number of rotatable bonds is 9. The summed E-state index contributed by atoms with van der Waals surface area (Å²) < 4.78 is 15.8. The zero-order chi connectivity index (χ0) is 18.0. The molecule has 1 aromatic carbocycles. The van der Waals surface area contributed by atoms with Gasteiger partial charge >= 0.3 is 5.97 Å². The molecule has 0 saturated heterocycles. The molecule has 0 aliphatic rings. The van der Waals surface area contributed by atoms with E-state index in [0.717, 1.165) is 17.6 Å². The van der Waals surface area contributed by atoms with E-state index in [2.05, 4.69) is 0 Å². The van der Waals surface area contributed by atoms with Crippen molar-refractivity contribution in [1.82, 2.24) is 0 Å². The molecular formula is C19H26O5. The van der Waals surface area contributed by atoms with Crippen molar-refractivity contribution in [3.05, 3.63) is 42.0 Å². The van der Waals surface area contributed by atoms with E-state index in [-0.39, 0.29) is 12.6 Å². The standard InChI is InChI=1S/C19H26O5/c1-19(2,3)18(21)23-12-6-5-7-17(13-20)24-14-15-8-10-16(22-4)11-9-15/h5-6,8-11,13,17H,7,12,14H2,1-4H3/b6-5+/t17-/m0/s1. The van der Waals surface area contributed by atoms with Crippen LogP contribution >= 0.6 is 0 Å². The van der Waals surface area contributed by atoms with Gasteiger partial charge in [0.1, 0.15) is 24.7 Å². The maximum atomic E-state index is 11.6. The van der Waals surface area contributed by atoms with Gasteiger partial charge in [0.2, 0.25) is 0 Å². The monoisotopic (exact) mass is 334 g/mol. The SMILES string of the molecule is COc1ccc(CO[C@H](C=O)C/C=C/COC(=O)C(C)(C)C)cc1. The van der Waals surface area contributed by atoms with Gasteiger partial charge in [0.25, 0.3) is 0 Å². The Morgan fingerprint density at radius 1 is 1.17 bits per heavy atom. The average molecular weight is 334 g/mol. The number of hydrogen-bond donors (Lipinski definition) is 0. The maximum absolute atomic E-state index is 11.6. The van der Waals surface area contributed by atoms with Gasteiger partial charge < -0.3 is 19.0 Å². The summed E-state index contributed by atoms with van der Waals surface area (Å²) in [6.07, 6.45) is 4.18. The zero-order valence-electron chi connectivity index (χ0n) is 14.8. The van der Waals surface area contributed by atoms with E-state index in [0.29, 0.717) is 13.0 Å². The highest BCUT2D eigenvalue weighted by atomic mass is 16.5. The van der Waals surface area contributed by atoms with Crippen LogP contribution in [0.1, 0.15) is 32.8 Å². The molecule has 0 heterocycles. The maximum Gasteiger partial charge on any atom is 0.311 e. The van der Waals surface area contributed by atoms with Crippen molar-refractivity contribution in [3.63, 3.8) is 0 Å². The summed E-state index contributed by atoms with van der Waals surface area (Å²) in [5.41, 5.74) is 0.450. The van der Waals surface area contributed by atoms with Crippen molar-refractivity contribution in [2.24, 2.45) is 5.41 Å². The third kappa shape index (κ3) is 7.42. The molecule has 0 amide bonds. The molecule has 0 bridgehead atoms. The smallest absolute Gasteiger partial charge is 0.311 e. The van der Waals surface area contributed by atoms with Gasteiger partial charge in [-0.25, -0.2) is 0 Å². The van der Waals surface area contributed by atoms with Crippen LogP contribution < -0.4 is 4.74 Å². The third-order valence-corrected chi connectivity index (χ3v) is 3.23. The van der Waals surface area contributed by atoms with Crippen molar-refractivity contribution in [1.29, 1.82) is 0 Å². The molecule has 0 radical (unpaired) electrons. The second kappa shape index (κ2) is 9.88. The van der Waals surface area contributed by atoms with Gasteiger partial charge in [-0.05, 0) is 44.9 Å². The first-order valence-electron chi connectivity index (χ1n) is 7.89. The third-order valence-electron chi connectivity index (χ3n) is 3.23. The van der Waals surface area contributed by atoms with Crippen LogP contribution in [0.15, 0.2) is 36.4 Å². The molecule has 0 aliphatic heterocycles. The molecule has 0 spiro atoms. The van der Waals surface area contributed by atoms with Gasteiger partial charge in [0, 0.05) is 0 Å². The molecular weight excluding hydrogens is 308 g/mol. The van der Waals surface area contributed by atoms with Gasteiger partial charge in [-0.15, -0.1) is 0 Å². The summed E-state index contributed by atoms with van der Waals surface area (Å²) in [6, 6.07) is 7.47. The molecule has 0 unspecified atom stereocenters. The first-order valence-corrected chi connectivity index (χ1v) is 7.89. The molecule has 0 aliphatic carbocycles. The normalized spacial score (nSPS) is 12.8. The molecule has 132 valence electrons. The van der Waals surface area contributed by atoms with Crippen molar-refractivity contribution in [3.8, 4) is 5.75 Å². The van der Waals surface area contributed by atoms with Crippen LogP contribution in [-0.2, 0) is 25.7 Å². The Bertz CT molecular complexity index is 540. The predicted octanol–water partition coefficient (Wildman–Crippen LogP) is 3.31. The van der Waals surface area contributed by atoms with Crippen LogP contribution in [-0.4, -0.2) is 32.1 Å². The van der Waals surface area contributed by atoms with Crippen LogP contribution in [0.4, 0.5) is 0 Å². The van der Waals surface area contributed by atoms with Gasteiger partial charge in [-0.1, -0.05) is 24.3 Å². The Morgan fingerprint density at radius 2 is 1.83 bits per heavy atom. The minimum absolute atomic E-state index is 0.195. The van der Waals surface area contributed by atoms with Gasteiger partial charge in [0.05, 0.1) is 19.1 Å². The van der Waals surface area contributed by atoms with E-state index in [9.17, 15) is 9.59 Å². The Labute approximate surface area is 143 Å². The molecule has 24 heavy (non-hydrogen) atoms. The number of methoxy groups -OCH3 is 1. The Hall–Kier alpha value is -2.14. The Kier molecular flexibility index (Phi) is 8.19. The van der Waals surface area contributed by atoms with E-state index in [4.69, 9.17) is 14.2 Å². The van der Waals surface area contributed by atoms with E-state index < -0.39 is 11.5 Å². The number of carbonyl (C=O) groups excluding carboxylic acids is 2. The highest BCUT2D eigenvalue weighted by molar-refractivity contribution is 5.75. The number of carbonyl (C=O) groups is 2. The quantitative estimate of drug-likeness (QED) is 0.394. The Balaban J connectivity index is 2.32. The van der Waals surface area contributed by atoms with Crippen LogP contribution in [0.2, 0.25) is 0 Å². The highest BCUT2D eigenvalue weighted by Crippen LogP contribution is 2.15. The molecule has 0 fully saturated rings. The lowest BCUT2D eigenvalue weighted by molar-refractivity contribution is -0.151. The summed E-state index contributed by atoms with van der Waals surface area (Å²) in [6.45, 7) is 5.94. The van der Waals surface area contributed by atoms with Crippen molar-refractivity contribution in [2.45, 2.75) is 39.9 Å². The predicted molar refractivity (Wildman–Crippen MR) is 91.8 cm³/mol. The van der Waals surface area contributed by atoms with E-state index in [1.165, 1.54) is 0 Å². The molecule has 0 N–H and O–H groups in total. The van der Waals surface area contributed by atoms with E-state index >= 15 is 0 Å². The Morgan fingerprint density at radius 3 is 2.38 bits per heavy atom. The van der Waals surface area contributed by atoms with Crippen LogP contribution in [0.5, 0.6) is 5.75 Å². The van der Waals surface area contributed by atoms with Crippen LogP contribution in [0.3, 0.4) is 0 Å². The van der Waals surface area contributed by atoms with Gasteiger partial charge in [-0.3, -0.25) is 4.79 Å². The molecule has 0 saturated carbocycles. The molecule has 1 aromatic rings. The minimum atomic E-state index is -0.526. The molecule has 1 atom stereocenters. The fourth-order valence-corrected chi connectivity index (χ4v) is 1.73. The van der Waals surface area contributed by atoms with Gasteiger partial charge in [-0.2, -0.15) is 0 Å². The summed E-state index contributed by atoms with van der Waals surface area (Å²) >= 11 is 0. The number of benzene rings is 1. The summed E-state index contributed by atoms with van der Waals surface area (Å²) in [5, 5.41) is 0. The van der Waals surface area contributed by atoms with Crippen molar-refractivity contribution < 1.29 is 23.8 Å². The van der Waals surface area contributed by atoms with Gasteiger partial charge in [0.15, 0.2) is 0 Å². The number of ether oxygens (including phenoxy) is 3. The van der Waals surface area contributed by atoms with Crippen LogP contribution in [0.25, 0.3) is 0 Å². The topological polar surface area (TPSA) is 61.8 Å². The fraction of sp³-hybridized carbons (Fsp3) is 0.474. The number of esters is 1. The van der Waals surface area contributed by atoms with E-state index in [1.807, 2.05) is 24.3 Å². The first kappa shape index (κ1) is 19.9. The lowest BCUT2D eigenvalue weighted by Crippen LogP contribution is -2.22. The highest BCUT2D eigenvalue weighted by Gasteiger charge is 2.22. The lowest BCUT2D eigenvalue weighted by atomic mass is 9.97. The largest absolute Gasteiger partial charge is 0.497 e. The molecule has 5 heteroatoms. The second-order valence-electron chi connectivity index (χ2n) is 6.39. The summed E-state index contributed by atoms with van der Waals surface area (Å²) in [4.78, 5) is 22.6. The summed E-state index contributed by atoms with van der Waals surface area (Å²) in [5.74, 6) is 0.522. The summed E-state index contributed by atoms with van der Waals surface area (Å²) in [7, 11) is 1.61. The molecule has 0 aromatic heterocycles. The van der Waals surface area contributed by atoms with Crippen LogP contribution in [0, 0.1) is 5.41 Å². The number of hydrogen-bond acceptors (Lipinski definition) is 5. The lowest BCUT2D eigenvalue weighted by Gasteiger charge is -2.15. The molecule has 5 nitrogen and oxygen atoms in total. The zero-order valence-corrected chi connectivity index (χ0v) is 14.8. The van der Waals surface area contributed by atoms with E-state index in [1.54, 1.807) is 40.0 Å². The fourth-order valence-electron chi connectivity index (χ4n) is 1.73. The van der Waals surface area contributed by atoms with Crippen molar-refractivity contribution >= 4 is 12.3 Å². The molecule has 1 rings (SSSR count).